The first-order valence-electron chi connectivity index (χ1n) is 12.2. The number of para-hydroxylation sites is 2. The number of ether oxygens (including phenoxy) is 3. The van der Waals surface area contributed by atoms with E-state index in [2.05, 4.69) is 10.8 Å². The molecule has 2 aliphatic rings. The van der Waals surface area contributed by atoms with E-state index in [0.717, 1.165) is 31.6 Å². The number of nitro groups is 1. The second-order valence-electron chi connectivity index (χ2n) is 8.98. The van der Waals surface area contributed by atoms with Gasteiger partial charge < -0.3 is 29.3 Å². The summed E-state index contributed by atoms with van der Waals surface area (Å²) in [6.45, 7) is 3.28. The number of rotatable bonds is 8. The maximum atomic E-state index is 13.3. The molecule has 39 heavy (non-hydrogen) atoms. The highest BCUT2D eigenvalue weighted by Gasteiger charge is 2.39. The lowest BCUT2D eigenvalue weighted by Crippen LogP contribution is -2.47. The number of hydrogen-bond acceptors (Lipinski definition) is 8. The Morgan fingerprint density at radius 3 is 2.21 bits per heavy atom. The van der Waals surface area contributed by atoms with Gasteiger partial charge in [-0.2, -0.15) is 0 Å². The number of nitro benzene ring substituents is 1. The van der Waals surface area contributed by atoms with Crippen molar-refractivity contribution in [1.29, 1.82) is 0 Å². The molecule has 0 amide bonds. The van der Waals surface area contributed by atoms with Crippen LogP contribution in [-0.2, 0) is 24.8 Å². The molecule has 2 heterocycles. The van der Waals surface area contributed by atoms with E-state index in [9.17, 15) is 14.5 Å². The van der Waals surface area contributed by atoms with Gasteiger partial charge in [-0.25, -0.2) is 14.0 Å². The number of likely N-dealkylation sites (tertiary alicyclic amines) is 1. The Morgan fingerprint density at radius 2 is 1.67 bits per heavy atom. The molecule has 2 aromatic rings. The summed E-state index contributed by atoms with van der Waals surface area (Å²) in [5, 5.41) is 26.1. The minimum atomic E-state index is -1.82. The Kier molecular flexibility index (Phi) is 9.95. The number of nitrogens with zero attached hydrogens (tertiary/aromatic N) is 2. The minimum absolute atomic E-state index is 0.0859. The van der Waals surface area contributed by atoms with Gasteiger partial charge in [0.15, 0.2) is 17.1 Å². The number of carboxylic acids is 2. The van der Waals surface area contributed by atoms with Gasteiger partial charge in [0.25, 0.3) is 0 Å². The van der Waals surface area contributed by atoms with Crippen molar-refractivity contribution in [3.05, 3.63) is 70.0 Å². The molecule has 12 heteroatoms. The lowest BCUT2D eigenvalue weighted by atomic mass is 9.91. The third-order valence-electron chi connectivity index (χ3n) is 6.50. The fourth-order valence-corrected chi connectivity index (χ4v) is 4.47. The maximum absolute atomic E-state index is 13.3. The van der Waals surface area contributed by atoms with Crippen LogP contribution in [0.25, 0.3) is 0 Å². The topological polar surface area (TPSA) is 149 Å². The van der Waals surface area contributed by atoms with Crippen molar-refractivity contribution in [2.45, 2.75) is 37.1 Å². The predicted molar refractivity (Wildman–Crippen MR) is 135 cm³/mol. The van der Waals surface area contributed by atoms with Gasteiger partial charge in [-0.1, -0.05) is 30.2 Å². The van der Waals surface area contributed by atoms with Crippen LogP contribution in [0.15, 0.2) is 48.5 Å². The van der Waals surface area contributed by atoms with Gasteiger partial charge in [-0.15, -0.1) is 6.42 Å². The highest BCUT2D eigenvalue weighted by atomic mass is 19.1. The number of piperidine rings is 1. The van der Waals surface area contributed by atoms with Gasteiger partial charge in [-0.3, -0.25) is 10.1 Å². The van der Waals surface area contributed by atoms with E-state index in [4.69, 9.17) is 40.4 Å². The van der Waals surface area contributed by atoms with Crippen molar-refractivity contribution >= 4 is 17.6 Å². The predicted octanol–water partition coefficient (Wildman–Crippen LogP) is 3.42. The SMILES string of the molecule is C#CC1(Oc2ccccc2[N+](=O)[O-])CCN(CCCC2(c3ccc(F)cc3)OCCO2)CC1.O=C(O)C(=O)O. The number of terminal acetylenes is 1. The summed E-state index contributed by atoms with van der Waals surface area (Å²) < 4.78 is 31.2. The van der Waals surface area contributed by atoms with Gasteiger partial charge in [0, 0.05) is 44.0 Å². The lowest BCUT2D eigenvalue weighted by molar-refractivity contribution is -0.386. The minimum Gasteiger partial charge on any atom is -0.473 e. The highest BCUT2D eigenvalue weighted by Crippen LogP contribution is 2.37. The lowest BCUT2D eigenvalue weighted by Gasteiger charge is -2.38. The third kappa shape index (κ3) is 7.73. The van der Waals surface area contributed by atoms with Gasteiger partial charge in [0.1, 0.15) is 5.82 Å². The number of benzene rings is 2. The summed E-state index contributed by atoms with van der Waals surface area (Å²) in [5.74, 6) is -1.83. The van der Waals surface area contributed by atoms with Gasteiger partial charge in [0.05, 0.1) is 18.1 Å². The van der Waals surface area contributed by atoms with E-state index in [1.165, 1.54) is 18.2 Å². The van der Waals surface area contributed by atoms with Crippen LogP contribution < -0.4 is 4.74 Å². The second-order valence-corrected chi connectivity index (χ2v) is 8.98. The molecule has 2 aliphatic heterocycles. The van der Waals surface area contributed by atoms with E-state index in [1.54, 1.807) is 30.3 Å². The van der Waals surface area contributed by atoms with Crippen LogP contribution in [0.1, 0.15) is 31.2 Å². The molecule has 2 saturated heterocycles. The van der Waals surface area contributed by atoms with Crippen LogP contribution in [0, 0.1) is 28.3 Å². The average molecular weight is 545 g/mol. The van der Waals surface area contributed by atoms with Crippen LogP contribution in [0.4, 0.5) is 10.1 Å². The van der Waals surface area contributed by atoms with E-state index >= 15 is 0 Å². The highest BCUT2D eigenvalue weighted by molar-refractivity contribution is 6.27. The zero-order chi connectivity index (χ0) is 28.5. The Bertz CT molecular complexity index is 1190. The molecule has 2 aromatic carbocycles. The first-order valence-corrected chi connectivity index (χ1v) is 12.2. The van der Waals surface area contributed by atoms with E-state index < -0.39 is 28.3 Å². The monoisotopic (exact) mass is 544 g/mol. The molecule has 11 nitrogen and oxygen atoms in total. The smallest absolute Gasteiger partial charge is 0.414 e. The third-order valence-corrected chi connectivity index (χ3v) is 6.50. The molecular formula is C27H29FN2O9. The van der Waals surface area contributed by atoms with Crippen LogP contribution in [0.2, 0.25) is 0 Å². The Labute approximate surface area is 224 Å². The average Bonchev–Trinajstić information content (AvgIpc) is 3.40. The van der Waals surface area contributed by atoms with Crippen molar-refractivity contribution in [3.63, 3.8) is 0 Å². The largest absolute Gasteiger partial charge is 0.473 e. The normalized spacial score (nSPS) is 17.7. The maximum Gasteiger partial charge on any atom is 0.414 e. The summed E-state index contributed by atoms with van der Waals surface area (Å²) in [7, 11) is 0. The number of halogens is 1. The molecular weight excluding hydrogens is 515 g/mol. The van der Waals surface area contributed by atoms with Crippen LogP contribution in [0.5, 0.6) is 5.75 Å². The van der Waals surface area contributed by atoms with Gasteiger partial charge in [-0.05, 0) is 31.2 Å². The van der Waals surface area contributed by atoms with Crippen LogP contribution in [-0.4, -0.2) is 70.4 Å². The molecule has 4 rings (SSSR count). The van der Waals surface area contributed by atoms with Crippen LogP contribution >= 0.6 is 0 Å². The first kappa shape index (κ1) is 29.5. The molecule has 0 unspecified atom stereocenters. The molecule has 0 aromatic heterocycles. The Hall–Kier alpha value is -4.05. The Morgan fingerprint density at radius 1 is 1.08 bits per heavy atom. The van der Waals surface area contributed by atoms with Crippen molar-refractivity contribution in [3.8, 4) is 18.1 Å². The van der Waals surface area contributed by atoms with Gasteiger partial charge in [0.2, 0.25) is 0 Å². The van der Waals surface area contributed by atoms with Crippen molar-refractivity contribution in [1.82, 2.24) is 4.90 Å². The second kappa shape index (κ2) is 13.1. The molecule has 0 atom stereocenters. The van der Waals surface area contributed by atoms with Crippen LogP contribution in [0.3, 0.4) is 0 Å². The molecule has 0 aliphatic carbocycles. The van der Waals surface area contributed by atoms with E-state index in [0.29, 0.717) is 32.5 Å². The molecule has 0 radical (unpaired) electrons. The standard InChI is InChI=1S/C25H27FN2O5.C2H2O4/c1-2-24(33-23-7-4-3-6-22(23)28(29)30)13-16-27(17-14-24)15-5-12-25(31-18-19-32-25)20-8-10-21(26)11-9-20;3-1(4)2(5)6/h1,3-4,6-11H,5,12-19H2;(H,3,4)(H,5,6). The molecule has 0 spiro atoms. The summed E-state index contributed by atoms with van der Waals surface area (Å²) in [6, 6.07) is 12.6. The Balaban J connectivity index is 0.000000631. The first-order chi connectivity index (χ1) is 18.6. The fourth-order valence-electron chi connectivity index (χ4n) is 4.47. The molecule has 0 saturated carbocycles. The van der Waals surface area contributed by atoms with Crippen molar-refractivity contribution in [2.24, 2.45) is 0 Å². The quantitative estimate of drug-likeness (QED) is 0.219. The molecule has 2 fully saturated rings. The van der Waals surface area contributed by atoms with Crippen molar-refractivity contribution < 1.29 is 43.3 Å². The number of hydrogen-bond donors (Lipinski definition) is 2. The molecule has 2 N–H and O–H groups in total. The summed E-state index contributed by atoms with van der Waals surface area (Å²) in [5.41, 5.74) is -0.128. The number of carboxylic acid groups (broad SMARTS) is 2. The summed E-state index contributed by atoms with van der Waals surface area (Å²) in [4.78, 5) is 31.3. The molecule has 208 valence electrons. The number of carbonyl (C=O) groups is 2. The van der Waals surface area contributed by atoms with E-state index in [1.807, 2.05) is 0 Å². The van der Waals surface area contributed by atoms with Gasteiger partial charge >= 0.3 is 17.6 Å². The fraction of sp³-hybridized carbons (Fsp3) is 0.407. The van der Waals surface area contributed by atoms with E-state index in [-0.39, 0.29) is 17.3 Å². The summed E-state index contributed by atoms with van der Waals surface area (Å²) >= 11 is 0. The summed E-state index contributed by atoms with van der Waals surface area (Å²) in [6.07, 6.45) is 8.44. The zero-order valence-corrected chi connectivity index (χ0v) is 21.1. The molecule has 0 bridgehead atoms. The zero-order valence-electron chi connectivity index (χ0n) is 21.1. The van der Waals surface area contributed by atoms with Crippen molar-refractivity contribution in [2.75, 3.05) is 32.8 Å². The number of aliphatic carboxylic acids is 2.